The highest BCUT2D eigenvalue weighted by Crippen LogP contribution is 2.40. The van der Waals surface area contributed by atoms with Crippen molar-refractivity contribution in [2.45, 2.75) is 32.0 Å². The highest BCUT2D eigenvalue weighted by Gasteiger charge is 2.36. The lowest BCUT2D eigenvalue weighted by atomic mass is 10.0. The molecule has 0 spiro atoms. The first-order valence-electron chi connectivity index (χ1n) is 12.7. The van der Waals surface area contributed by atoms with E-state index < -0.39 is 11.6 Å². The molecule has 1 amide bonds. The zero-order valence-corrected chi connectivity index (χ0v) is 22.7. The van der Waals surface area contributed by atoms with Crippen LogP contribution >= 0.6 is 11.6 Å². The number of hydrogen-bond acceptors (Lipinski definition) is 6. The summed E-state index contributed by atoms with van der Waals surface area (Å²) in [6, 6.07) is 7.71. The Bertz CT molecular complexity index is 1410. The van der Waals surface area contributed by atoms with Crippen LogP contribution < -0.4 is 9.80 Å². The molecule has 2 atom stereocenters. The summed E-state index contributed by atoms with van der Waals surface area (Å²) in [6.45, 7) is 9.95. The standard InChI is InChI=1S/C28H31ClF2N6O/c1-6-23(38)36-12-17(3)37(13-16(36)2)27-20-11-21(29)24(19-9-7-8-10-22(19)30)25(31)26(20)32-28(33-27)35-14-18(15-35)34(4)5/h6-11,16-18H,1,12-15H2,2-5H3/t16-,17+/m1/s1. The molecule has 2 aliphatic heterocycles. The molecule has 0 N–H and O–H groups in total. The number of fused-ring (bicyclic) bond motifs is 1. The van der Waals surface area contributed by atoms with Gasteiger partial charge in [-0.25, -0.2) is 13.8 Å². The number of halogens is 3. The zero-order chi connectivity index (χ0) is 27.3. The third-order valence-electron chi connectivity index (χ3n) is 7.59. The van der Waals surface area contributed by atoms with Gasteiger partial charge in [-0.3, -0.25) is 4.79 Å². The lowest BCUT2D eigenvalue weighted by Gasteiger charge is -2.45. The van der Waals surface area contributed by atoms with E-state index in [0.29, 0.717) is 49.4 Å². The largest absolute Gasteiger partial charge is 0.349 e. The van der Waals surface area contributed by atoms with Gasteiger partial charge >= 0.3 is 0 Å². The van der Waals surface area contributed by atoms with Gasteiger partial charge in [-0.1, -0.05) is 36.4 Å². The quantitative estimate of drug-likeness (QED) is 0.441. The molecule has 0 unspecified atom stereocenters. The van der Waals surface area contributed by atoms with Crippen molar-refractivity contribution in [2.75, 3.05) is 50.1 Å². The average Bonchev–Trinajstić information content (AvgIpc) is 2.84. The number of piperazine rings is 1. The first-order valence-corrected chi connectivity index (χ1v) is 13.0. The molecular weight excluding hydrogens is 510 g/mol. The summed E-state index contributed by atoms with van der Waals surface area (Å²) >= 11 is 6.61. The van der Waals surface area contributed by atoms with Gasteiger partial charge in [-0.15, -0.1) is 0 Å². The van der Waals surface area contributed by atoms with Crippen molar-refractivity contribution < 1.29 is 13.6 Å². The Kier molecular flexibility index (Phi) is 7.00. The smallest absolute Gasteiger partial charge is 0.246 e. The molecule has 0 radical (unpaired) electrons. The second-order valence-electron chi connectivity index (χ2n) is 10.3. The number of carbonyl (C=O) groups excluding carboxylic acids is 1. The van der Waals surface area contributed by atoms with Crippen LogP contribution in [-0.2, 0) is 4.79 Å². The van der Waals surface area contributed by atoms with Crippen LogP contribution in [0.25, 0.3) is 22.0 Å². The molecule has 200 valence electrons. The van der Waals surface area contributed by atoms with E-state index in [1.165, 1.54) is 18.2 Å². The molecule has 2 aliphatic rings. The molecule has 3 aromatic rings. The number of benzene rings is 2. The number of rotatable bonds is 5. The molecule has 1 aromatic heterocycles. The van der Waals surface area contributed by atoms with E-state index in [2.05, 4.69) is 21.4 Å². The molecule has 2 aromatic carbocycles. The molecule has 2 fully saturated rings. The van der Waals surface area contributed by atoms with Gasteiger partial charge in [0.25, 0.3) is 0 Å². The summed E-state index contributed by atoms with van der Waals surface area (Å²) in [7, 11) is 4.04. The van der Waals surface area contributed by atoms with Gasteiger partial charge in [0.2, 0.25) is 11.9 Å². The number of carbonyl (C=O) groups is 1. The molecule has 0 aliphatic carbocycles. The van der Waals surface area contributed by atoms with Crippen LogP contribution in [0.4, 0.5) is 20.5 Å². The van der Waals surface area contributed by atoms with Crippen molar-refractivity contribution in [2.24, 2.45) is 0 Å². The number of hydrogen-bond donors (Lipinski definition) is 0. The van der Waals surface area contributed by atoms with Crippen molar-refractivity contribution in [3.05, 3.63) is 59.6 Å². The van der Waals surface area contributed by atoms with Crippen LogP contribution in [0.5, 0.6) is 0 Å². The fraction of sp³-hybridized carbons (Fsp3) is 0.393. The third-order valence-corrected chi connectivity index (χ3v) is 7.88. The Hall–Kier alpha value is -3.30. The number of anilines is 2. The number of nitrogens with zero attached hydrogens (tertiary/aromatic N) is 6. The molecule has 10 heteroatoms. The van der Waals surface area contributed by atoms with Crippen LogP contribution in [0.1, 0.15) is 13.8 Å². The lowest BCUT2D eigenvalue weighted by molar-refractivity contribution is -0.128. The van der Waals surface area contributed by atoms with E-state index in [0.717, 1.165) is 0 Å². The van der Waals surface area contributed by atoms with E-state index in [9.17, 15) is 9.18 Å². The second-order valence-corrected chi connectivity index (χ2v) is 10.7. The van der Waals surface area contributed by atoms with Crippen LogP contribution in [0, 0.1) is 11.6 Å². The monoisotopic (exact) mass is 540 g/mol. The maximum absolute atomic E-state index is 16.3. The van der Waals surface area contributed by atoms with Gasteiger partial charge in [-0.2, -0.15) is 4.98 Å². The normalized spacial score (nSPS) is 20.3. The Morgan fingerprint density at radius 3 is 2.47 bits per heavy atom. The summed E-state index contributed by atoms with van der Waals surface area (Å²) in [6.07, 6.45) is 1.32. The van der Waals surface area contributed by atoms with Crippen molar-refractivity contribution >= 4 is 40.2 Å². The SMILES string of the molecule is C=CC(=O)N1C[C@H](C)N(c2nc(N3CC(N(C)C)C3)nc3c(F)c(-c4ccccc4F)c(Cl)cc23)C[C@H]1C. The van der Waals surface area contributed by atoms with Crippen molar-refractivity contribution in [1.29, 1.82) is 0 Å². The van der Waals surface area contributed by atoms with E-state index in [4.69, 9.17) is 16.6 Å². The fourth-order valence-corrected chi connectivity index (χ4v) is 5.52. The minimum Gasteiger partial charge on any atom is -0.349 e. The first kappa shape index (κ1) is 26.3. The molecule has 2 saturated heterocycles. The Labute approximate surface area is 226 Å². The molecular formula is C28H31ClF2N6O. The Balaban J connectivity index is 1.66. The zero-order valence-electron chi connectivity index (χ0n) is 22.0. The highest BCUT2D eigenvalue weighted by atomic mass is 35.5. The summed E-state index contributed by atoms with van der Waals surface area (Å²) in [5.74, 6) is -0.423. The van der Waals surface area contributed by atoms with Gasteiger partial charge in [-0.05, 0) is 46.2 Å². The van der Waals surface area contributed by atoms with Crippen molar-refractivity contribution in [3.8, 4) is 11.1 Å². The minimum atomic E-state index is -0.687. The van der Waals surface area contributed by atoms with Crippen LogP contribution in [-0.4, -0.2) is 84.1 Å². The minimum absolute atomic E-state index is 0.0227. The molecule has 5 rings (SSSR count). The predicted octanol–water partition coefficient (Wildman–Crippen LogP) is 4.59. The number of likely N-dealkylation sites (N-methyl/N-ethyl adjacent to an activating group) is 1. The van der Waals surface area contributed by atoms with E-state index in [-0.39, 0.29) is 39.7 Å². The number of aromatic nitrogens is 2. The van der Waals surface area contributed by atoms with E-state index in [1.54, 1.807) is 23.1 Å². The van der Waals surface area contributed by atoms with Crippen LogP contribution in [0.15, 0.2) is 43.0 Å². The van der Waals surface area contributed by atoms with Crippen LogP contribution in [0.2, 0.25) is 5.02 Å². The van der Waals surface area contributed by atoms with Crippen molar-refractivity contribution in [1.82, 2.24) is 19.8 Å². The number of amides is 1. The molecule has 3 heterocycles. The third kappa shape index (κ3) is 4.47. The summed E-state index contributed by atoms with van der Waals surface area (Å²) in [5.41, 5.74) is 0.143. The molecule has 7 nitrogen and oxygen atoms in total. The van der Waals surface area contributed by atoms with Gasteiger partial charge in [0.05, 0.1) is 5.02 Å². The topological polar surface area (TPSA) is 55.8 Å². The highest BCUT2D eigenvalue weighted by molar-refractivity contribution is 6.34. The maximum Gasteiger partial charge on any atom is 0.246 e. The summed E-state index contributed by atoms with van der Waals surface area (Å²) in [5, 5.41) is 0.527. The molecule has 0 saturated carbocycles. The van der Waals surface area contributed by atoms with Crippen LogP contribution in [0.3, 0.4) is 0 Å². The lowest BCUT2D eigenvalue weighted by Crippen LogP contribution is -2.59. The second kappa shape index (κ2) is 10.1. The summed E-state index contributed by atoms with van der Waals surface area (Å²) in [4.78, 5) is 30.0. The first-order chi connectivity index (χ1) is 18.1. The molecule has 38 heavy (non-hydrogen) atoms. The van der Waals surface area contributed by atoms with Gasteiger partial charge in [0, 0.05) is 60.8 Å². The van der Waals surface area contributed by atoms with Gasteiger partial charge in [0.15, 0.2) is 5.82 Å². The molecule has 0 bridgehead atoms. The predicted molar refractivity (Wildman–Crippen MR) is 148 cm³/mol. The Morgan fingerprint density at radius 1 is 1.11 bits per heavy atom. The van der Waals surface area contributed by atoms with Gasteiger partial charge in [0.1, 0.15) is 17.2 Å². The summed E-state index contributed by atoms with van der Waals surface area (Å²) < 4.78 is 31.0. The van der Waals surface area contributed by atoms with Gasteiger partial charge < -0.3 is 19.6 Å². The average molecular weight is 541 g/mol. The maximum atomic E-state index is 16.3. The fourth-order valence-electron chi connectivity index (χ4n) is 5.23. The van der Waals surface area contributed by atoms with E-state index >= 15 is 4.39 Å². The Morgan fingerprint density at radius 2 is 1.82 bits per heavy atom. The van der Waals surface area contributed by atoms with Crippen molar-refractivity contribution in [3.63, 3.8) is 0 Å². The van der Waals surface area contributed by atoms with E-state index in [1.807, 2.05) is 32.8 Å².